The van der Waals surface area contributed by atoms with Gasteiger partial charge in [-0.15, -0.1) is 0 Å². The Morgan fingerprint density at radius 1 is 0.971 bits per heavy atom. The molecule has 0 fully saturated rings. The minimum absolute atomic E-state index is 0.0427. The largest absolute Gasteiger partial charge is 0.462 e. The standard InChI is InChI=1S/C29H25NO5/c1-4-34-29(33)20-13-15-21(16-14-20)30-25(19-11-9-18(10-12-19)17(2)3)24-26(31)22-7-5-6-8-23(22)35-27(24)28(30)32/h5-17,25H,4H2,1-3H3. The number of benzene rings is 3. The van der Waals surface area contributed by atoms with E-state index >= 15 is 0 Å². The second-order valence-corrected chi connectivity index (χ2v) is 8.84. The minimum atomic E-state index is -0.659. The Labute approximate surface area is 202 Å². The Morgan fingerprint density at radius 3 is 2.31 bits per heavy atom. The maximum absolute atomic E-state index is 13.7. The molecular formula is C29H25NO5. The van der Waals surface area contributed by atoms with Crippen LogP contribution in [0.4, 0.5) is 5.69 Å². The maximum atomic E-state index is 13.7. The lowest BCUT2D eigenvalue weighted by atomic mass is 9.95. The molecule has 0 radical (unpaired) electrons. The average molecular weight is 468 g/mol. The van der Waals surface area contributed by atoms with Gasteiger partial charge in [-0.25, -0.2) is 4.79 Å². The smallest absolute Gasteiger partial charge is 0.338 e. The predicted molar refractivity (Wildman–Crippen MR) is 134 cm³/mol. The highest BCUT2D eigenvalue weighted by molar-refractivity contribution is 6.10. The number of anilines is 1. The molecule has 2 heterocycles. The summed E-state index contributed by atoms with van der Waals surface area (Å²) in [5.74, 6) is -0.438. The molecule has 1 unspecified atom stereocenters. The Kier molecular flexibility index (Phi) is 5.73. The third-order valence-electron chi connectivity index (χ3n) is 6.35. The van der Waals surface area contributed by atoms with Crippen molar-refractivity contribution in [3.8, 4) is 0 Å². The van der Waals surface area contributed by atoms with Gasteiger partial charge >= 0.3 is 5.97 Å². The number of hydrogen-bond acceptors (Lipinski definition) is 5. The molecule has 0 aliphatic carbocycles. The van der Waals surface area contributed by atoms with E-state index in [0.29, 0.717) is 33.7 Å². The summed E-state index contributed by atoms with van der Waals surface area (Å²) >= 11 is 0. The van der Waals surface area contributed by atoms with E-state index in [1.54, 1.807) is 60.4 Å². The highest BCUT2D eigenvalue weighted by atomic mass is 16.5. The molecular weight excluding hydrogens is 442 g/mol. The van der Waals surface area contributed by atoms with Gasteiger partial charge < -0.3 is 9.15 Å². The first-order chi connectivity index (χ1) is 16.9. The molecule has 1 aromatic heterocycles. The van der Waals surface area contributed by atoms with Crippen LogP contribution in [0.15, 0.2) is 82.0 Å². The zero-order valence-corrected chi connectivity index (χ0v) is 19.8. The van der Waals surface area contributed by atoms with Crippen LogP contribution in [0.5, 0.6) is 0 Å². The SMILES string of the molecule is CCOC(=O)c1ccc(N2C(=O)c3oc4ccccc4c(=O)c3C2c2ccc(C(C)C)cc2)cc1. The molecule has 6 nitrogen and oxygen atoms in total. The van der Waals surface area contributed by atoms with Crippen LogP contribution in [-0.4, -0.2) is 18.5 Å². The molecule has 3 aromatic carbocycles. The van der Waals surface area contributed by atoms with Crippen molar-refractivity contribution in [1.82, 2.24) is 0 Å². The van der Waals surface area contributed by atoms with Gasteiger partial charge in [0.25, 0.3) is 5.91 Å². The molecule has 1 aliphatic heterocycles. The quantitative estimate of drug-likeness (QED) is 0.345. The number of nitrogens with zero attached hydrogens (tertiary/aromatic N) is 1. The number of hydrogen-bond donors (Lipinski definition) is 0. The molecule has 6 heteroatoms. The Hall–Kier alpha value is -4.19. The summed E-state index contributed by atoms with van der Waals surface area (Å²) in [5.41, 5.74) is 3.37. The van der Waals surface area contributed by atoms with Crippen LogP contribution in [0.1, 0.15) is 70.3 Å². The van der Waals surface area contributed by atoms with E-state index in [4.69, 9.17) is 9.15 Å². The van der Waals surface area contributed by atoms with Crippen LogP contribution < -0.4 is 10.3 Å². The molecule has 1 atom stereocenters. The summed E-state index contributed by atoms with van der Waals surface area (Å²) in [7, 11) is 0. The normalized spacial score (nSPS) is 15.0. The molecule has 176 valence electrons. The first-order valence-corrected chi connectivity index (χ1v) is 11.7. The molecule has 1 amide bonds. The van der Waals surface area contributed by atoms with E-state index in [1.165, 1.54) is 0 Å². The summed E-state index contributed by atoms with van der Waals surface area (Å²) in [6.07, 6.45) is 0. The molecule has 35 heavy (non-hydrogen) atoms. The lowest BCUT2D eigenvalue weighted by Gasteiger charge is -2.25. The van der Waals surface area contributed by atoms with Crippen molar-refractivity contribution in [2.24, 2.45) is 0 Å². The molecule has 0 saturated carbocycles. The second kappa shape index (κ2) is 8.87. The number of ether oxygens (including phenoxy) is 1. The third kappa shape index (κ3) is 3.81. The minimum Gasteiger partial charge on any atom is -0.462 e. The summed E-state index contributed by atoms with van der Waals surface area (Å²) < 4.78 is 11.1. The van der Waals surface area contributed by atoms with E-state index in [9.17, 15) is 14.4 Å². The Balaban J connectivity index is 1.68. The zero-order valence-electron chi connectivity index (χ0n) is 19.8. The van der Waals surface area contributed by atoms with Crippen molar-refractivity contribution in [3.05, 3.63) is 111 Å². The van der Waals surface area contributed by atoms with Crippen molar-refractivity contribution in [2.75, 3.05) is 11.5 Å². The summed E-state index contributed by atoms with van der Waals surface area (Å²) in [6.45, 7) is 6.25. The number of carbonyl (C=O) groups excluding carboxylic acids is 2. The number of rotatable bonds is 5. The van der Waals surface area contributed by atoms with E-state index in [-0.39, 0.29) is 17.8 Å². The van der Waals surface area contributed by atoms with Crippen LogP contribution in [0.25, 0.3) is 11.0 Å². The molecule has 4 aromatic rings. The summed E-state index contributed by atoms with van der Waals surface area (Å²) in [4.78, 5) is 41.0. The fourth-order valence-electron chi connectivity index (χ4n) is 4.54. The molecule has 0 bridgehead atoms. The van der Waals surface area contributed by atoms with Crippen molar-refractivity contribution in [3.63, 3.8) is 0 Å². The number of esters is 1. The highest BCUT2D eigenvalue weighted by Gasteiger charge is 2.43. The van der Waals surface area contributed by atoms with Crippen LogP contribution in [0.3, 0.4) is 0 Å². The van der Waals surface area contributed by atoms with E-state index < -0.39 is 17.9 Å². The van der Waals surface area contributed by atoms with Gasteiger partial charge in [-0.05, 0) is 60.4 Å². The fourth-order valence-corrected chi connectivity index (χ4v) is 4.54. The van der Waals surface area contributed by atoms with Gasteiger partial charge in [0.1, 0.15) is 5.58 Å². The molecule has 0 saturated heterocycles. The fraction of sp³-hybridized carbons (Fsp3) is 0.207. The zero-order chi connectivity index (χ0) is 24.7. The Morgan fingerprint density at radius 2 is 1.66 bits per heavy atom. The first-order valence-electron chi connectivity index (χ1n) is 11.7. The third-order valence-corrected chi connectivity index (χ3v) is 6.35. The lowest BCUT2D eigenvalue weighted by molar-refractivity contribution is 0.0526. The van der Waals surface area contributed by atoms with Gasteiger partial charge in [-0.1, -0.05) is 50.2 Å². The van der Waals surface area contributed by atoms with Crippen molar-refractivity contribution >= 4 is 28.5 Å². The van der Waals surface area contributed by atoms with Crippen LogP contribution in [0.2, 0.25) is 0 Å². The number of para-hydroxylation sites is 1. The molecule has 0 spiro atoms. The number of fused-ring (bicyclic) bond motifs is 2. The molecule has 5 rings (SSSR count). The topological polar surface area (TPSA) is 76.8 Å². The van der Waals surface area contributed by atoms with Gasteiger partial charge in [0, 0.05) is 5.69 Å². The van der Waals surface area contributed by atoms with E-state index in [1.807, 2.05) is 24.3 Å². The van der Waals surface area contributed by atoms with Crippen LogP contribution >= 0.6 is 0 Å². The van der Waals surface area contributed by atoms with E-state index in [0.717, 1.165) is 11.1 Å². The summed E-state index contributed by atoms with van der Waals surface area (Å²) in [6, 6.07) is 20.9. The number of carbonyl (C=O) groups is 2. The molecule has 1 aliphatic rings. The van der Waals surface area contributed by atoms with Gasteiger partial charge in [0.15, 0.2) is 5.43 Å². The average Bonchev–Trinajstić information content (AvgIpc) is 3.17. The lowest BCUT2D eigenvalue weighted by Crippen LogP contribution is -2.29. The number of amides is 1. The van der Waals surface area contributed by atoms with E-state index in [2.05, 4.69) is 13.8 Å². The Bertz CT molecular complexity index is 1480. The van der Waals surface area contributed by atoms with Gasteiger partial charge in [-0.3, -0.25) is 14.5 Å². The van der Waals surface area contributed by atoms with Crippen molar-refractivity contribution in [1.29, 1.82) is 0 Å². The summed E-state index contributed by atoms with van der Waals surface area (Å²) in [5, 5.41) is 0.433. The maximum Gasteiger partial charge on any atom is 0.338 e. The highest BCUT2D eigenvalue weighted by Crippen LogP contribution is 2.41. The van der Waals surface area contributed by atoms with Crippen LogP contribution in [0, 0.1) is 0 Å². The van der Waals surface area contributed by atoms with Crippen molar-refractivity contribution < 1.29 is 18.7 Å². The molecule has 0 N–H and O–H groups in total. The first kappa shape index (κ1) is 22.6. The second-order valence-electron chi connectivity index (χ2n) is 8.84. The van der Waals surface area contributed by atoms with Gasteiger partial charge in [0.2, 0.25) is 5.76 Å². The van der Waals surface area contributed by atoms with Crippen LogP contribution in [-0.2, 0) is 4.74 Å². The predicted octanol–water partition coefficient (Wildman–Crippen LogP) is 5.84. The van der Waals surface area contributed by atoms with Gasteiger partial charge in [0.05, 0.1) is 29.2 Å². The monoisotopic (exact) mass is 467 g/mol. The van der Waals surface area contributed by atoms with Gasteiger partial charge in [-0.2, -0.15) is 0 Å². The van der Waals surface area contributed by atoms with Crippen molar-refractivity contribution in [2.45, 2.75) is 32.7 Å².